The van der Waals surface area contributed by atoms with Crippen molar-refractivity contribution < 1.29 is 9.15 Å². The van der Waals surface area contributed by atoms with Gasteiger partial charge in [-0.25, -0.2) is 0 Å². The van der Waals surface area contributed by atoms with Gasteiger partial charge in [0.2, 0.25) is 0 Å². The van der Waals surface area contributed by atoms with Crippen LogP contribution in [0.25, 0.3) is 23.1 Å². The molecule has 3 aromatic rings. The summed E-state index contributed by atoms with van der Waals surface area (Å²) >= 11 is 0. The summed E-state index contributed by atoms with van der Waals surface area (Å²) in [5.41, 5.74) is 1.91. The second-order valence-electron chi connectivity index (χ2n) is 4.94. The zero-order valence-corrected chi connectivity index (χ0v) is 12.4. The van der Waals surface area contributed by atoms with Crippen molar-refractivity contribution in [2.24, 2.45) is 0 Å². The average Bonchev–Trinajstić information content (AvgIpc) is 2.60. The van der Waals surface area contributed by atoms with Crippen molar-refractivity contribution in [3.05, 3.63) is 75.6 Å². The Hall–Kier alpha value is -3.32. The molecule has 0 amide bonds. The molecule has 0 fully saturated rings. The van der Waals surface area contributed by atoms with Crippen LogP contribution in [-0.2, 0) is 0 Å². The molecular formula is C19H13NO3. The second kappa shape index (κ2) is 6.20. The van der Waals surface area contributed by atoms with Gasteiger partial charge in [-0.1, -0.05) is 18.2 Å². The fourth-order valence-corrected chi connectivity index (χ4v) is 2.21. The second-order valence-corrected chi connectivity index (χ2v) is 4.94. The Labute approximate surface area is 132 Å². The average molecular weight is 303 g/mol. The highest BCUT2D eigenvalue weighted by Crippen LogP contribution is 2.20. The first-order chi connectivity index (χ1) is 11.2. The van der Waals surface area contributed by atoms with E-state index in [-0.39, 0.29) is 5.43 Å². The Morgan fingerprint density at radius 2 is 1.87 bits per heavy atom. The number of nitriles is 1. The summed E-state index contributed by atoms with van der Waals surface area (Å²) < 4.78 is 10.8. The van der Waals surface area contributed by atoms with E-state index in [4.69, 9.17) is 14.4 Å². The van der Waals surface area contributed by atoms with Gasteiger partial charge in [-0.2, -0.15) is 5.26 Å². The van der Waals surface area contributed by atoms with Gasteiger partial charge in [-0.3, -0.25) is 4.79 Å². The van der Waals surface area contributed by atoms with Crippen molar-refractivity contribution in [1.29, 1.82) is 5.26 Å². The van der Waals surface area contributed by atoms with E-state index in [0.29, 0.717) is 28.0 Å². The molecule has 1 aromatic heterocycles. The zero-order valence-electron chi connectivity index (χ0n) is 12.4. The van der Waals surface area contributed by atoms with Gasteiger partial charge in [0.05, 0.1) is 24.1 Å². The first-order valence-corrected chi connectivity index (χ1v) is 7.00. The van der Waals surface area contributed by atoms with Gasteiger partial charge in [-0.05, 0) is 42.0 Å². The molecule has 0 radical (unpaired) electrons. The number of fused-ring (bicyclic) bond motifs is 1. The lowest BCUT2D eigenvalue weighted by molar-refractivity contribution is 0.415. The Morgan fingerprint density at radius 3 is 2.57 bits per heavy atom. The molecule has 0 N–H and O–H groups in total. The van der Waals surface area contributed by atoms with Crippen molar-refractivity contribution in [1.82, 2.24) is 0 Å². The van der Waals surface area contributed by atoms with Crippen LogP contribution < -0.4 is 10.2 Å². The Balaban J connectivity index is 1.95. The lowest BCUT2D eigenvalue weighted by atomic mass is 10.1. The highest BCUT2D eigenvalue weighted by molar-refractivity contribution is 5.79. The van der Waals surface area contributed by atoms with Crippen LogP contribution in [0.3, 0.4) is 0 Å². The first-order valence-electron chi connectivity index (χ1n) is 7.00. The molecule has 2 aromatic carbocycles. The number of benzene rings is 2. The molecule has 4 heteroatoms. The lowest BCUT2D eigenvalue weighted by Gasteiger charge is -2.02. The molecule has 0 aliphatic rings. The summed E-state index contributed by atoms with van der Waals surface area (Å²) in [6.07, 6.45) is 3.56. The third-order valence-corrected chi connectivity index (χ3v) is 3.43. The van der Waals surface area contributed by atoms with Crippen LogP contribution >= 0.6 is 0 Å². The van der Waals surface area contributed by atoms with Gasteiger partial charge in [0, 0.05) is 6.07 Å². The molecule has 0 unspecified atom stereocenters. The summed E-state index contributed by atoms with van der Waals surface area (Å²) in [4.78, 5) is 12.2. The van der Waals surface area contributed by atoms with Gasteiger partial charge in [0.15, 0.2) is 5.43 Å². The molecule has 23 heavy (non-hydrogen) atoms. The Kier molecular flexibility index (Phi) is 3.94. The van der Waals surface area contributed by atoms with Gasteiger partial charge >= 0.3 is 0 Å². The molecule has 4 nitrogen and oxygen atoms in total. The SMILES string of the molecule is COc1ccc2oc(C=Cc3ccc(C#N)cc3)cc(=O)c2c1. The monoisotopic (exact) mass is 303 g/mol. The van der Waals surface area contributed by atoms with Crippen molar-refractivity contribution in [3.63, 3.8) is 0 Å². The van der Waals surface area contributed by atoms with E-state index in [2.05, 4.69) is 6.07 Å². The third-order valence-electron chi connectivity index (χ3n) is 3.43. The van der Waals surface area contributed by atoms with Crippen molar-refractivity contribution in [3.8, 4) is 11.8 Å². The van der Waals surface area contributed by atoms with Gasteiger partial charge in [-0.15, -0.1) is 0 Å². The van der Waals surface area contributed by atoms with E-state index in [1.54, 1.807) is 43.5 Å². The summed E-state index contributed by atoms with van der Waals surface area (Å²) in [6, 6.07) is 15.8. The normalized spacial score (nSPS) is 10.8. The molecule has 1 heterocycles. The maximum absolute atomic E-state index is 12.2. The smallest absolute Gasteiger partial charge is 0.193 e. The molecule has 0 saturated heterocycles. The Bertz CT molecular complexity index is 976. The van der Waals surface area contributed by atoms with E-state index in [1.807, 2.05) is 18.2 Å². The Morgan fingerprint density at radius 1 is 1.09 bits per heavy atom. The van der Waals surface area contributed by atoms with Gasteiger partial charge in [0.25, 0.3) is 0 Å². The van der Waals surface area contributed by atoms with E-state index >= 15 is 0 Å². The predicted octanol–water partition coefficient (Wildman–Crippen LogP) is 3.84. The van der Waals surface area contributed by atoms with Crippen molar-refractivity contribution in [2.75, 3.05) is 7.11 Å². The number of hydrogen-bond acceptors (Lipinski definition) is 4. The molecule has 0 aliphatic carbocycles. The van der Waals surface area contributed by atoms with E-state index < -0.39 is 0 Å². The van der Waals surface area contributed by atoms with Crippen LogP contribution in [-0.4, -0.2) is 7.11 Å². The zero-order chi connectivity index (χ0) is 16.2. The van der Waals surface area contributed by atoms with E-state index in [1.165, 1.54) is 6.07 Å². The quantitative estimate of drug-likeness (QED) is 0.737. The fraction of sp³-hybridized carbons (Fsp3) is 0.0526. The standard InChI is InChI=1S/C19H13NO3/c1-22-15-8-9-19-17(10-15)18(21)11-16(23-19)7-6-13-2-4-14(12-20)5-3-13/h2-11H,1H3. The number of nitrogens with zero attached hydrogens (tertiary/aromatic N) is 1. The van der Waals surface area contributed by atoms with Gasteiger partial charge < -0.3 is 9.15 Å². The molecule has 0 saturated carbocycles. The minimum Gasteiger partial charge on any atom is -0.497 e. The number of rotatable bonds is 3. The predicted molar refractivity (Wildman–Crippen MR) is 89.1 cm³/mol. The van der Waals surface area contributed by atoms with Crippen molar-refractivity contribution in [2.45, 2.75) is 0 Å². The minimum absolute atomic E-state index is 0.121. The van der Waals surface area contributed by atoms with Crippen molar-refractivity contribution >= 4 is 23.1 Å². The van der Waals surface area contributed by atoms with Gasteiger partial charge in [0.1, 0.15) is 17.1 Å². The number of ether oxygens (including phenoxy) is 1. The third kappa shape index (κ3) is 3.14. The summed E-state index contributed by atoms with van der Waals surface area (Å²) in [6.45, 7) is 0. The molecule has 0 atom stereocenters. The molecule has 112 valence electrons. The van der Waals surface area contributed by atoms with Crippen LogP contribution in [0.4, 0.5) is 0 Å². The summed E-state index contributed by atoms with van der Waals surface area (Å²) in [5, 5.41) is 9.26. The van der Waals surface area contributed by atoms with E-state index in [0.717, 1.165) is 5.56 Å². The number of methoxy groups -OCH3 is 1. The summed E-state index contributed by atoms with van der Waals surface area (Å²) in [5.74, 6) is 1.09. The van der Waals surface area contributed by atoms with Crippen LogP contribution in [0.5, 0.6) is 5.75 Å². The molecule has 0 spiro atoms. The maximum Gasteiger partial charge on any atom is 0.193 e. The van der Waals surface area contributed by atoms with Crippen LogP contribution in [0, 0.1) is 11.3 Å². The minimum atomic E-state index is -0.121. The highest BCUT2D eigenvalue weighted by atomic mass is 16.5. The molecular weight excluding hydrogens is 290 g/mol. The maximum atomic E-state index is 12.2. The van der Waals surface area contributed by atoms with Crippen LogP contribution in [0.2, 0.25) is 0 Å². The largest absolute Gasteiger partial charge is 0.497 e. The molecule has 3 rings (SSSR count). The lowest BCUT2D eigenvalue weighted by Crippen LogP contribution is -2.00. The summed E-state index contributed by atoms with van der Waals surface area (Å²) in [7, 11) is 1.55. The number of hydrogen-bond donors (Lipinski definition) is 0. The highest BCUT2D eigenvalue weighted by Gasteiger charge is 2.04. The molecule has 0 aliphatic heterocycles. The van der Waals surface area contributed by atoms with Crippen LogP contribution in [0.1, 0.15) is 16.9 Å². The first kappa shape index (κ1) is 14.6. The van der Waals surface area contributed by atoms with E-state index in [9.17, 15) is 4.79 Å². The topological polar surface area (TPSA) is 63.2 Å². The fourth-order valence-electron chi connectivity index (χ4n) is 2.21. The molecule has 0 bridgehead atoms. The van der Waals surface area contributed by atoms with Crippen LogP contribution in [0.15, 0.2) is 57.7 Å².